The number of para-hydroxylation sites is 1. The molecule has 144 valence electrons. The summed E-state index contributed by atoms with van der Waals surface area (Å²) in [6.45, 7) is 1.83. The summed E-state index contributed by atoms with van der Waals surface area (Å²) in [5.74, 6) is 1.18. The highest BCUT2D eigenvalue weighted by molar-refractivity contribution is 6.09. The van der Waals surface area contributed by atoms with Crippen molar-refractivity contribution in [1.29, 1.82) is 0 Å². The summed E-state index contributed by atoms with van der Waals surface area (Å²) in [6, 6.07) is 13.4. The highest BCUT2D eigenvalue weighted by atomic mass is 16.1. The van der Waals surface area contributed by atoms with Gasteiger partial charge < -0.3 is 10.2 Å². The molecule has 0 atom stereocenters. The normalized spacial score (nSPS) is 13.7. The monoisotopic (exact) mass is 385 g/mol. The average molecular weight is 385 g/mol. The Labute approximate surface area is 167 Å². The topological polar surface area (TPSA) is 88.8 Å². The first-order valence-corrected chi connectivity index (χ1v) is 9.55. The van der Waals surface area contributed by atoms with Gasteiger partial charge in [0.05, 0.1) is 23.0 Å². The molecule has 4 aromatic rings. The van der Waals surface area contributed by atoms with Crippen molar-refractivity contribution in [3.8, 4) is 5.82 Å². The predicted molar refractivity (Wildman–Crippen MR) is 110 cm³/mol. The third-order valence-corrected chi connectivity index (χ3v) is 5.01. The number of anilines is 2. The summed E-state index contributed by atoms with van der Waals surface area (Å²) in [6.07, 6.45) is 6.86. The third kappa shape index (κ3) is 3.40. The van der Waals surface area contributed by atoms with Crippen LogP contribution in [0.1, 0.15) is 23.2 Å². The van der Waals surface area contributed by atoms with E-state index in [1.165, 1.54) is 6.33 Å². The Kier molecular flexibility index (Phi) is 4.36. The Hall–Kier alpha value is -3.81. The van der Waals surface area contributed by atoms with Gasteiger partial charge in [-0.05, 0) is 37.1 Å². The highest BCUT2D eigenvalue weighted by Crippen LogP contribution is 2.27. The predicted octanol–water partition coefficient (Wildman–Crippen LogP) is 3.06. The number of nitrogens with zero attached hydrogens (tertiary/aromatic N) is 6. The number of pyridine rings is 2. The molecule has 4 heterocycles. The first-order chi connectivity index (χ1) is 14.3. The van der Waals surface area contributed by atoms with E-state index in [9.17, 15) is 4.79 Å². The second-order valence-electron chi connectivity index (χ2n) is 6.95. The number of hydrogen-bond donors (Lipinski definition) is 1. The van der Waals surface area contributed by atoms with E-state index in [0.717, 1.165) is 42.7 Å². The van der Waals surface area contributed by atoms with Crippen LogP contribution >= 0.6 is 0 Å². The van der Waals surface area contributed by atoms with Crippen LogP contribution in [-0.4, -0.2) is 43.7 Å². The fraction of sp³-hybridized carbons (Fsp3) is 0.190. The van der Waals surface area contributed by atoms with Crippen molar-refractivity contribution < 1.29 is 4.79 Å². The molecule has 0 spiro atoms. The van der Waals surface area contributed by atoms with Crippen LogP contribution in [0.5, 0.6) is 0 Å². The second kappa shape index (κ2) is 7.31. The Bertz CT molecular complexity index is 1150. The maximum Gasteiger partial charge on any atom is 0.259 e. The van der Waals surface area contributed by atoms with Gasteiger partial charge in [-0.3, -0.25) is 4.79 Å². The number of nitrogens with one attached hydrogen (secondary N) is 1. The molecular weight excluding hydrogens is 366 g/mol. The summed E-state index contributed by atoms with van der Waals surface area (Å²) in [4.78, 5) is 28.4. The van der Waals surface area contributed by atoms with Gasteiger partial charge in [0.25, 0.3) is 5.91 Å². The Morgan fingerprint density at radius 3 is 2.69 bits per heavy atom. The minimum Gasteiger partial charge on any atom is -0.356 e. The molecule has 1 fully saturated rings. The molecule has 1 amide bonds. The van der Waals surface area contributed by atoms with Crippen LogP contribution in [0.3, 0.4) is 0 Å². The SMILES string of the molecule is O=C(Nc1ccc(-n2cncn2)nc1)c1cc2ccccc2nc1N1CCCC1. The molecule has 8 heteroatoms. The lowest BCUT2D eigenvalue weighted by molar-refractivity contribution is 0.102. The van der Waals surface area contributed by atoms with Crippen LogP contribution in [0, 0.1) is 0 Å². The van der Waals surface area contributed by atoms with Crippen molar-refractivity contribution in [2.24, 2.45) is 0 Å². The van der Waals surface area contributed by atoms with Gasteiger partial charge >= 0.3 is 0 Å². The molecule has 0 unspecified atom stereocenters. The number of rotatable bonds is 4. The molecular formula is C21H19N7O. The van der Waals surface area contributed by atoms with Gasteiger partial charge in [0.1, 0.15) is 18.5 Å². The second-order valence-corrected chi connectivity index (χ2v) is 6.95. The zero-order valence-electron chi connectivity index (χ0n) is 15.7. The lowest BCUT2D eigenvalue weighted by Gasteiger charge is -2.20. The van der Waals surface area contributed by atoms with Crippen molar-refractivity contribution in [2.45, 2.75) is 12.8 Å². The third-order valence-electron chi connectivity index (χ3n) is 5.01. The summed E-state index contributed by atoms with van der Waals surface area (Å²) in [5.41, 5.74) is 2.08. The van der Waals surface area contributed by atoms with E-state index >= 15 is 0 Å². The molecule has 29 heavy (non-hydrogen) atoms. The lowest BCUT2D eigenvalue weighted by Crippen LogP contribution is -2.24. The molecule has 1 saturated heterocycles. The quantitative estimate of drug-likeness (QED) is 0.581. The van der Waals surface area contributed by atoms with Crippen LogP contribution in [0.25, 0.3) is 16.7 Å². The van der Waals surface area contributed by atoms with E-state index in [2.05, 4.69) is 25.3 Å². The number of fused-ring (bicyclic) bond motifs is 1. The Morgan fingerprint density at radius 2 is 1.93 bits per heavy atom. The molecule has 0 aliphatic carbocycles. The van der Waals surface area contributed by atoms with Crippen LogP contribution < -0.4 is 10.2 Å². The van der Waals surface area contributed by atoms with Crippen molar-refractivity contribution in [1.82, 2.24) is 24.7 Å². The molecule has 3 aromatic heterocycles. The van der Waals surface area contributed by atoms with Crippen LogP contribution in [0.15, 0.2) is 61.3 Å². The van der Waals surface area contributed by atoms with Gasteiger partial charge in [-0.15, -0.1) is 0 Å². The van der Waals surface area contributed by atoms with Crippen molar-refractivity contribution in [2.75, 3.05) is 23.3 Å². The van der Waals surface area contributed by atoms with Crippen molar-refractivity contribution >= 4 is 28.3 Å². The number of carbonyl (C=O) groups is 1. The van der Waals surface area contributed by atoms with Crippen LogP contribution in [-0.2, 0) is 0 Å². The minimum absolute atomic E-state index is 0.194. The number of carbonyl (C=O) groups excluding carboxylic acids is 1. The van der Waals surface area contributed by atoms with E-state index in [1.807, 2.05) is 30.3 Å². The van der Waals surface area contributed by atoms with Gasteiger partial charge in [0.15, 0.2) is 5.82 Å². The fourth-order valence-electron chi connectivity index (χ4n) is 3.56. The van der Waals surface area contributed by atoms with Gasteiger partial charge in [-0.1, -0.05) is 18.2 Å². The summed E-state index contributed by atoms with van der Waals surface area (Å²) >= 11 is 0. The van der Waals surface area contributed by atoms with Crippen LogP contribution in [0.2, 0.25) is 0 Å². The molecule has 1 aromatic carbocycles. The average Bonchev–Trinajstić information content (AvgIpc) is 3.48. The number of aromatic nitrogens is 5. The molecule has 0 bridgehead atoms. The standard InChI is InChI=1S/C21H19N7O/c29-21(25-16-7-8-19(23-12-16)28-14-22-13-24-28)17-11-15-5-1-2-6-18(15)26-20(17)27-9-3-4-10-27/h1-2,5-8,11-14H,3-4,9-10H2,(H,25,29). The highest BCUT2D eigenvalue weighted by Gasteiger charge is 2.22. The zero-order chi connectivity index (χ0) is 19.6. The van der Waals surface area contributed by atoms with E-state index in [0.29, 0.717) is 17.1 Å². The fourth-order valence-corrected chi connectivity index (χ4v) is 3.56. The lowest BCUT2D eigenvalue weighted by atomic mass is 10.1. The Balaban J connectivity index is 1.46. The van der Waals surface area contributed by atoms with E-state index in [1.54, 1.807) is 29.3 Å². The summed E-state index contributed by atoms with van der Waals surface area (Å²) in [7, 11) is 0. The molecule has 8 nitrogen and oxygen atoms in total. The molecule has 0 radical (unpaired) electrons. The molecule has 1 aliphatic rings. The van der Waals surface area contributed by atoms with Crippen molar-refractivity contribution in [3.63, 3.8) is 0 Å². The summed E-state index contributed by atoms with van der Waals surface area (Å²) < 4.78 is 1.56. The summed E-state index contributed by atoms with van der Waals surface area (Å²) in [5, 5.41) is 7.94. The number of hydrogen-bond acceptors (Lipinski definition) is 6. The van der Waals surface area contributed by atoms with Gasteiger partial charge in [0.2, 0.25) is 0 Å². The van der Waals surface area contributed by atoms with Gasteiger partial charge in [-0.2, -0.15) is 5.10 Å². The molecule has 0 saturated carbocycles. The molecule has 5 rings (SSSR count). The first kappa shape index (κ1) is 17.3. The number of benzene rings is 1. The molecule has 1 aliphatic heterocycles. The largest absolute Gasteiger partial charge is 0.356 e. The maximum atomic E-state index is 13.1. The Morgan fingerprint density at radius 1 is 1.07 bits per heavy atom. The van der Waals surface area contributed by atoms with Crippen molar-refractivity contribution in [3.05, 3.63) is 66.9 Å². The van der Waals surface area contributed by atoms with E-state index in [4.69, 9.17) is 4.98 Å². The zero-order valence-corrected chi connectivity index (χ0v) is 15.7. The van der Waals surface area contributed by atoms with E-state index < -0.39 is 0 Å². The molecule has 1 N–H and O–H groups in total. The first-order valence-electron chi connectivity index (χ1n) is 9.55. The maximum absolute atomic E-state index is 13.1. The minimum atomic E-state index is -0.194. The van der Waals surface area contributed by atoms with Gasteiger partial charge in [-0.25, -0.2) is 19.6 Å². The van der Waals surface area contributed by atoms with E-state index in [-0.39, 0.29) is 5.91 Å². The smallest absolute Gasteiger partial charge is 0.259 e. The van der Waals surface area contributed by atoms with Gasteiger partial charge in [0, 0.05) is 18.5 Å². The number of amides is 1. The van der Waals surface area contributed by atoms with Crippen LogP contribution in [0.4, 0.5) is 11.5 Å².